The third-order valence-electron chi connectivity index (χ3n) is 7.03. The van der Waals surface area contributed by atoms with Gasteiger partial charge in [0.2, 0.25) is 0 Å². The van der Waals surface area contributed by atoms with Crippen LogP contribution in [0.3, 0.4) is 0 Å². The molecule has 0 bridgehead atoms. The molecule has 0 aromatic heterocycles. The highest BCUT2D eigenvalue weighted by molar-refractivity contribution is 5.85. The highest BCUT2D eigenvalue weighted by atomic mass is 16.5. The predicted octanol–water partition coefficient (Wildman–Crippen LogP) is 8.23. The lowest BCUT2D eigenvalue weighted by Gasteiger charge is -2.37. The number of allylic oxidation sites excluding steroid dienone is 2. The van der Waals surface area contributed by atoms with Gasteiger partial charge in [-0.25, -0.2) is 4.79 Å². The SMILES string of the molecule is COC(=O)/C=C/C=C(\c1ccccc1)c1ccc(C(c2ccccc2)(c2ccccc2)c2ccccc2)cc1. The molecule has 0 fully saturated rings. The van der Waals surface area contributed by atoms with Crippen molar-refractivity contribution in [2.24, 2.45) is 0 Å². The third-order valence-corrected chi connectivity index (χ3v) is 7.03. The normalized spacial score (nSPS) is 11.9. The van der Waals surface area contributed by atoms with Gasteiger partial charge in [0.05, 0.1) is 12.5 Å². The summed E-state index contributed by atoms with van der Waals surface area (Å²) in [6.45, 7) is 0. The van der Waals surface area contributed by atoms with Crippen LogP contribution >= 0.6 is 0 Å². The Hall–Kier alpha value is -4.95. The molecule has 0 aliphatic carbocycles. The van der Waals surface area contributed by atoms with Crippen molar-refractivity contribution in [3.63, 3.8) is 0 Å². The predicted molar refractivity (Wildman–Crippen MR) is 159 cm³/mol. The molecule has 0 saturated heterocycles. The largest absolute Gasteiger partial charge is 0.466 e. The van der Waals surface area contributed by atoms with E-state index in [4.69, 9.17) is 4.74 Å². The summed E-state index contributed by atoms with van der Waals surface area (Å²) in [6.07, 6.45) is 5.13. The minimum atomic E-state index is -0.496. The van der Waals surface area contributed by atoms with Crippen molar-refractivity contribution in [2.75, 3.05) is 7.11 Å². The molecule has 0 atom stereocenters. The monoisotopic (exact) mass is 506 g/mol. The van der Waals surface area contributed by atoms with E-state index in [1.165, 1.54) is 35.4 Å². The number of hydrogen-bond acceptors (Lipinski definition) is 2. The lowest BCUT2D eigenvalue weighted by atomic mass is 9.65. The van der Waals surface area contributed by atoms with Crippen molar-refractivity contribution in [3.8, 4) is 0 Å². The van der Waals surface area contributed by atoms with Gasteiger partial charge >= 0.3 is 5.97 Å². The van der Waals surface area contributed by atoms with Crippen LogP contribution in [0.2, 0.25) is 0 Å². The molecule has 39 heavy (non-hydrogen) atoms. The molecule has 0 amide bonds. The molecule has 2 heteroatoms. The zero-order chi connectivity index (χ0) is 26.9. The van der Waals surface area contributed by atoms with Gasteiger partial charge in [-0.1, -0.05) is 158 Å². The van der Waals surface area contributed by atoms with E-state index in [2.05, 4.69) is 127 Å². The quantitative estimate of drug-likeness (QED) is 0.0917. The van der Waals surface area contributed by atoms with Gasteiger partial charge in [-0.15, -0.1) is 0 Å². The van der Waals surface area contributed by atoms with Crippen molar-refractivity contribution in [1.29, 1.82) is 0 Å². The first-order valence-corrected chi connectivity index (χ1v) is 13.0. The molecule has 190 valence electrons. The average Bonchev–Trinajstić information content (AvgIpc) is 3.02. The minimum absolute atomic E-state index is 0.382. The van der Waals surface area contributed by atoms with Gasteiger partial charge in [0.15, 0.2) is 0 Å². The van der Waals surface area contributed by atoms with E-state index in [0.717, 1.165) is 16.7 Å². The molecule has 0 unspecified atom stereocenters. The average molecular weight is 507 g/mol. The lowest BCUT2D eigenvalue weighted by molar-refractivity contribution is -0.134. The number of benzene rings is 5. The summed E-state index contributed by atoms with van der Waals surface area (Å²) in [5.74, 6) is -0.382. The smallest absolute Gasteiger partial charge is 0.330 e. The molecule has 5 aromatic carbocycles. The molecule has 0 heterocycles. The molecule has 0 aliphatic rings. The summed E-state index contributed by atoms with van der Waals surface area (Å²) >= 11 is 0. The Morgan fingerprint density at radius 3 is 1.36 bits per heavy atom. The molecule has 0 N–H and O–H groups in total. The summed E-state index contributed by atoms with van der Waals surface area (Å²) in [7, 11) is 1.38. The fourth-order valence-corrected chi connectivity index (χ4v) is 5.23. The maximum absolute atomic E-state index is 11.7. The van der Waals surface area contributed by atoms with Crippen molar-refractivity contribution in [3.05, 3.63) is 197 Å². The number of rotatable bonds is 8. The molecule has 0 saturated carbocycles. The molecule has 5 rings (SSSR count). The minimum Gasteiger partial charge on any atom is -0.466 e. The maximum Gasteiger partial charge on any atom is 0.330 e. The number of carbonyl (C=O) groups excluding carboxylic acids is 1. The lowest BCUT2D eigenvalue weighted by Crippen LogP contribution is -2.30. The highest BCUT2D eigenvalue weighted by Gasteiger charge is 2.38. The third kappa shape index (κ3) is 5.37. The van der Waals surface area contributed by atoms with Crippen molar-refractivity contribution < 1.29 is 9.53 Å². The topological polar surface area (TPSA) is 26.3 Å². The van der Waals surface area contributed by atoms with Crippen molar-refractivity contribution >= 4 is 11.5 Å². The zero-order valence-electron chi connectivity index (χ0n) is 21.9. The molecule has 0 radical (unpaired) electrons. The summed E-state index contributed by atoms with van der Waals surface area (Å²) in [6, 6.07) is 51.1. The van der Waals surface area contributed by atoms with Crippen LogP contribution in [-0.4, -0.2) is 13.1 Å². The van der Waals surface area contributed by atoms with Gasteiger partial charge in [-0.05, 0) is 39.0 Å². The van der Waals surface area contributed by atoms with E-state index in [-0.39, 0.29) is 5.97 Å². The summed E-state index contributed by atoms with van der Waals surface area (Å²) in [5.41, 5.74) is 7.44. The van der Waals surface area contributed by atoms with E-state index < -0.39 is 5.41 Å². The van der Waals surface area contributed by atoms with Crippen LogP contribution in [0.15, 0.2) is 164 Å². The number of methoxy groups -OCH3 is 1. The summed E-state index contributed by atoms with van der Waals surface area (Å²) in [4.78, 5) is 11.7. The van der Waals surface area contributed by atoms with Crippen LogP contribution in [0.5, 0.6) is 0 Å². The molecule has 2 nitrogen and oxygen atoms in total. The van der Waals surface area contributed by atoms with Gasteiger partial charge in [0.25, 0.3) is 0 Å². The first-order chi connectivity index (χ1) is 19.2. The number of esters is 1. The van der Waals surface area contributed by atoms with Crippen LogP contribution in [-0.2, 0) is 14.9 Å². The van der Waals surface area contributed by atoms with Crippen LogP contribution in [0.25, 0.3) is 5.57 Å². The van der Waals surface area contributed by atoms with Gasteiger partial charge in [0, 0.05) is 6.08 Å². The first kappa shape index (κ1) is 25.7. The Bertz CT molecular complexity index is 1450. The number of hydrogen-bond donors (Lipinski definition) is 0. The van der Waals surface area contributed by atoms with E-state index in [9.17, 15) is 4.79 Å². The standard InChI is InChI=1S/C37H30O2/c1-39-36(38)24-14-23-35(29-15-6-2-7-16-29)30-25-27-34(28-26-30)37(31-17-8-3-9-18-31,32-19-10-4-11-20-32)33-21-12-5-13-22-33/h2-28H,1H3/b24-14+,35-23+. The van der Waals surface area contributed by atoms with E-state index in [0.29, 0.717) is 0 Å². The Morgan fingerprint density at radius 1 is 0.538 bits per heavy atom. The van der Waals surface area contributed by atoms with Crippen molar-refractivity contribution in [2.45, 2.75) is 5.41 Å². The second kappa shape index (κ2) is 12.1. The molecule has 0 aliphatic heterocycles. The van der Waals surface area contributed by atoms with Crippen LogP contribution < -0.4 is 0 Å². The van der Waals surface area contributed by atoms with Crippen LogP contribution in [0.1, 0.15) is 33.4 Å². The van der Waals surface area contributed by atoms with Gasteiger partial charge in [-0.3, -0.25) is 0 Å². The zero-order valence-corrected chi connectivity index (χ0v) is 21.9. The van der Waals surface area contributed by atoms with E-state index in [1.54, 1.807) is 6.08 Å². The fourth-order valence-electron chi connectivity index (χ4n) is 5.23. The molecule has 5 aromatic rings. The Kier molecular flexibility index (Phi) is 7.95. The second-order valence-corrected chi connectivity index (χ2v) is 9.25. The van der Waals surface area contributed by atoms with E-state index >= 15 is 0 Å². The van der Waals surface area contributed by atoms with Crippen LogP contribution in [0, 0.1) is 0 Å². The Morgan fingerprint density at radius 2 is 0.923 bits per heavy atom. The van der Waals surface area contributed by atoms with Gasteiger partial charge < -0.3 is 4.74 Å². The second-order valence-electron chi connectivity index (χ2n) is 9.25. The van der Waals surface area contributed by atoms with E-state index in [1.807, 2.05) is 24.3 Å². The molecular weight excluding hydrogens is 476 g/mol. The molecular formula is C37H30O2. The summed E-state index contributed by atoms with van der Waals surface area (Å²) in [5, 5.41) is 0. The number of ether oxygens (including phenoxy) is 1. The first-order valence-electron chi connectivity index (χ1n) is 13.0. The van der Waals surface area contributed by atoms with Crippen molar-refractivity contribution in [1.82, 2.24) is 0 Å². The Balaban J connectivity index is 1.70. The van der Waals surface area contributed by atoms with Gasteiger partial charge in [0.1, 0.15) is 0 Å². The Labute approximate surface area is 230 Å². The number of carbonyl (C=O) groups is 1. The highest BCUT2D eigenvalue weighted by Crippen LogP contribution is 2.45. The van der Waals surface area contributed by atoms with Crippen LogP contribution in [0.4, 0.5) is 0 Å². The molecule has 0 spiro atoms. The summed E-state index contributed by atoms with van der Waals surface area (Å²) < 4.78 is 4.77. The van der Waals surface area contributed by atoms with Gasteiger partial charge in [-0.2, -0.15) is 0 Å². The fraction of sp³-hybridized carbons (Fsp3) is 0.0541. The maximum atomic E-state index is 11.7.